The lowest BCUT2D eigenvalue weighted by molar-refractivity contribution is -0.268. The van der Waals surface area contributed by atoms with Gasteiger partial charge in [-0.2, -0.15) is 0 Å². The normalized spacial score (nSPS) is 55.4. The molecule has 0 spiro atoms. The molecule has 0 unspecified atom stereocenters. The largest absolute Gasteiger partial charge is 0.387 e. The van der Waals surface area contributed by atoms with Gasteiger partial charge in [-0.3, -0.25) is 0 Å². The van der Waals surface area contributed by atoms with Gasteiger partial charge in [0.25, 0.3) is 0 Å². The summed E-state index contributed by atoms with van der Waals surface area (Å²) < 4.78 is 35.6. The molecule has 4 fully saturated rings. The van der Waals surface area contributed by atoms with Gasteiger partial charge in [0.2, 0.25) is 0 Å². The van der Waals surface area contributed by atoms with Crippen molar-refractivity contribution in [3.8, 4) is 0 Å². The molecule has 150 valence electrons. The van der Waals surface area contributed by atoms with Crippen LogP contribution in [0.1, 0.15) is 41.5 Å². The molecular formula is C18H30O8. The first-order valence-electron chi connectivity index (χ1n) is 9.37. The van der Waals surface area contributed by atoms with Gasteiger partial charge in [-0.05, 0) is 41.5 Å². The Morgan fingerprint density at radius 2 is 0.846 bits per heavy atom. The SMILES string of the molecule is C[C@@H]1O[C@@H]([C@@H]2O[C@@H](C)[C@H]3OC(C)(C)O[C@H]3[C@@H]2O)[C@@H](O)[C@@H]2OC(C)(C)O[C@@H]21. The molecule has 0 aromatic rings. The standard InChI is InChI=1S/C18H30O8/c1-7-11-15(25-17(3,4)23-11)9(19)13(21-7)14-10(20)16-12(8(2)22-14)24-18(5,6)26-16/h7-16,19-20H,1-6H3/t7-,8-,9+,10+,11+,12+,13+,14+,15-,16-/m0/s1. The molecule has 0 saturated carbocycles. The highest BCUT2D eigenvalue weighted by atomic mass is 16.8. The first kappa shape index (κ1) is 19.0. The van der Waals surface area contributed by atoms with Crippen molar-refractivity contribution < 1.29 is 38.6 Å². The molecule has 0 radical (unpaired) electrons. The Kier molecular flexibility index (Phi) is 4.45. The summed E-state index contributed by atoms with van der Waals surface area (Å²) in [7, 11) is 0. The van der Waals surface area contributed by atoms with E-state index in [0.29, 0.717) is 0 Å². The van der Waals surface area contributed by atoms with Gasteiger partial charge in [0.05, 0.1) is 12.2 Å². The molecule has 0 aromatic carbocycles. The van der Waals surface area contributed by atoms with Crippen molar-refractivity contribution in [2.75, 3.05) is 0 Å². The Bertz CT molecular complexity index is 503. The lowest BCUT2D eigenvalue weighted by atomic mass is 9.86. The van der Waals surface area contributed by atoms with Gasteiger partial charge in [-0.15, -0.1) is 0 Å². The van der Waals surface area contributed by atoms with E-state index in [0.717, 1.165) is 0 Å². The fourth-order valence-corrected chi connectivity index (χ4v) is 4.62. The average Bonchev–Trinajstić information content (AvgIpc) is 3.03. The van der Waals surface area contributed by atoms with Gasteiger partial charge in [0.15, 0.2) is 11.6 Å². The minimum atomic E-state index is -0.989. The van der Waals surface area contributed by atoms with E-state index in [1.165, 1.54) is 0 Å². The highest BCUT2D eigenvalue weighted by Crippen LogP contribution is 2.42. The van der Waals surface area contributed by atoms with E-state index < -0.39 is 48.2 Å². The molecule has 0 aliphatic carbocycles. The molecule has 4 rings (SSSR count). The number of hydrogen-bond acceptors (Lipinski definition) is 8. The van der Waals surface area contributed by atoms with Crippen LogP contribution in [-0.2, 0) is 28.4 Å². The summed E-state index contributed by atoms with van der Waals surface area (Å²) >= 11 is 0. The zero-order valence-electron chi connectivity index (χ0n) is 16.1. The van der Waals surface area contributed by atoms with Crippen molar-refractivity contribution in [2.45, 2.75) is 114 Å². The maximum Gasteiger partial charge on any atom is 0.164 e. The summed E-state index contributed by atoms with van der Waals surface area (Å²) in [5.74, 6) is -1.58. The number of aliphatic hydroxyl groups is 2. The molecule has 0 aromatic heterocycles. The van der Waals surface area contributed by atoms with E-state index >= 15 is 0 Å². The van der Waals surface area contributed by atoms with Gasteiger partial charge in [0.1, 0.15) is 48.8 Å². The molecule has 4 saturated heterocycles. The molecule has 8 nitrogen and oxygen atoms in total. The number of rotatable bonds is 1. The number of ether oxygens (including phenoxy) is 6. The van der Waals surface area contributed by atoms with Crippen molar-refractivity contribution in [3.63, 3.8) is 0 Å². The fourth-order valence-electron chi connectivity index (χ4n) is 4.62. The lowest BCUT2D eigenvalue weighted by Crippen LogP contribution is -2.66. The van der Waals surface area contributed by atoms with Gasteiger partial charge in [0, 0.05) is 0 Å². The van der Waals surface area contributed by atoms with Crippen molar-refractivity contribution in [1.29, 1.82) is 0 Å². The Labute approximate surface area is 153 Å². The van der Waals surface area contributed by atoms with Crippen LogP contribution in [0.15, 0.2) is 0 Å². The molecule has 26 heavy (non-hydrogen) atoms. The average molecular weight is 374 g/mol. The Morgan fingerprint density at radius 1 is 0.538 bits per heavy atom. The molecule has 4 aliphatic rings. The maximum atomic E-state index is 10.9. The highest BCUT2D eigenvalue weighted by Gasteiger charge is 2.60. The molecule has 2 N–H and O–H groups in total. The molecule has 4 heterocycles. The van der Waals surface area contributed by atoms with Crippen LogP contribution in [0.25, 0.3) is 0 Å². The minimum absolute atomic E-state index is 0.309. The van der Waals surface area contributed by atoms with Gasteiger partial charge >= 0.3 is 0 Å². The smallest absolute Gasteiger partial charge is 0.164 e. The zero-order chi connectivity index (χ0) is 19.0. The second kappa shape index (κ2) is 6.09. The summed E-state index contributed by atoms with van der Waals surface area (Å²) in [5, 5.41) is 21.8. The van der Waals surface area contributed by atoms with E-state index in [-0.39, 0.29) is 24.4 Å². The fraction of sp³-hybridized carbons (Fsp3) is 1.00. The number of hydrogen-bond donors (Lipinski definition) is 2. The molecule has 0 amide bonds. The first-order valence-corrected chi connectivity index (χ1v) is 9.37. The van der Waals surface area contributed by atoms with Crippen LogP contribution >= 0.6 is 0 Å². The van der Waals surface area contributed by atoms with Crippen LogP contribution < -0.4 is 0 Å². The summed E-state index contributed by atoms with van der Waals surface area (Å²) in [5.41, 5.74) is 0. The summed E-state index contributed by atoms with van der Waals surface area (Å²) in [4.78, 5) is 0. The van der Waals surface area contributed by atoms with Crippen LogP contribution in [0.5, 0.6) is 0 Å². The van der Waals surface area contributed by atoms with E-state index in [9.17, 15) is 10.2 Å². The third-order valence-corrected chi connectivity index (χ3v) is 5.67. The Morgan fingerprint density at radius 3 is 1.19 bits per heavy atom. The molecule has 0 bridgehead atoms. The topological polar surface area (TPSA) is 95.8 Å². The van der Waals surface area contributed by atoms with Crippen molar-refractivity contribution in [3.05, 3.63) is 0 Å². The lowest BCUT2D eigenvalue weighted by Gasteiger charge is -2.47. The molecule has 10 atom stereocenters. The van der Waals surface area contributed by atoms with Crippen LogP contribution in [0.2, 0.25) is 0 Å². The first-order chi connectivity index (χ1) is 12.0. The number of aliphatic hydroxyl groups excluding tert-OH is 2. The van der Waals surface area contributed by atoms with Crippen molar-refractivity contribution >= 4 is 0 Å². The summed E-state index contributed by atoms with van der Waals surface area (Å²) in [6.45, 7) is 11.0. The monoisotopic (exact) mass is 374 g/mol. The van der Waals surface area contributed by atoms with Crippen molar-refractivity contribution in [2.24, 2.45) is 0 Å². The maximum absolute atomic E-state index is 10.9. The van der Waals surface area contributed by atoms with E-state index in [1.807, 2.05) is 41.5 Å². The zero-order valence-corrected chi connectivity index (χ0v) is 16.1. The second-order valence-corrected chi connectivity index (χ2v) is 8.72. The quantitative estimate of drug-likeness (QED) is 0.678. The van der Waals surface area contributed by atoms with Crippen molar-refractivity contribution in [1.82, 2.24) is 0 Å². The van der Waals surface area contributed by atoms with Gasteiger partial charge < -0.3 is 38.6 Å². The highest BCUT2D eigenvalue weighted by molar-refractivity contribution is 5.05. The molecule has 4 aliphatic heterocycles. The van der Waals surface area contributed by atoms with Crippen LogP contribution in [0.3, 0.4) is 0 Å². The Hall–Kier alpha value is -0.320. The van der Waals surface area contributed by atoms with Crippen LogP contribution in [-0.4, -0.2) is 82.8 Å². The predicted molar refractivity (Wildman–Crippen MR) is 88.3 cm³/mol. The second-order valence-electron chi connectivity index (χ2n) is 8.72. The number of fused-ring (bicyclic) bond motifs is 2. The Balaban J connectivity index is 1.56. The van der Waals surface area contributed by atoms with Gasteiger partial charge in [-0.1, -0.05) is 0 Å². The third-order valence-electron chi connectivity index (χ3n) is 5.67. The van der Waals surface area contributed by atoms with E-state index in [1.54, 1.807) is 0 Å². The summed E-state index contributed by atoms with van der Waals surface area (Å²) in [6.07, 6.45) is -5.93. The summed E-state index contributed by atoms with van der Waals surface area (Å²) in [6, 6.07) is 0. The third kappa shape index (κ3) is 3.00. The van der Waals surface area contributed by atoms with Crippen LogP contribution in [0, 0.1) is 0 Å². The predicted octanol–water partition coefficient (Wildman–Crippen LogP) is 0.323. The van der Waals surface area contributed by atoms with E-state index in [2.05, 4.69) is 0 Å². The molecular weight excluding hydrogens is 344 g/mol. The minimum Gasteiger partial charge on any atom is -0.387 e. The molecule has 8 heteroatoms. The van der Waals surface area contributed by atoms with Gasteiger partial charge in [-0.25, -0.2) is 0 Å². The van der Waals surface area contributed by atoms with Crippen LogP contribution in [0.4, 0.5) is 0 Å². The van der Waals surface area contributed by atoms with E-state index in [4.69, 9.17) is 28.4 Å².